The smallest absolute Gasteiger partial charge is 0.408 e. The van der Waals surface area contributed by atoms with Crippen LogP contribution in [0.5, 0.6) is 0 Å². The van der Waals surface area contributed by atoms with Crippen LogP contribution in [0.4, 0.5) is 16.3 Å². The predicted octanol–water partition coefficient (Wildman–Crippen LogP) is 4.57. The van der Waals surface area contributed by atoms with Crippen molar-refractivity contribution < 1.29 is 14.3 Å². The van der Waals surface area contributed by atoms with E-state index < -0.39 is 11.7 Å². The summed E-state index contributed by atoms with van der Waals surface area (Å²) in [6, 6.07) is 13.4. The van der Waals surface area contributed by atoms with E-state index in [4.69, 9.17) is 4.74 Å². The van der Waals surface area contributed by atoms with Crippen LogP contribution in [-0.2, 0) is 22.4 Å². The van der Waals surface area contributed by atoms with Gasteiger partial charge in [-0.25, -0.2) is 14.8 Å². The molecule has 0 saturated carbocycles. The van der Waals surface area contributed by atoms with Crippen LogP contribution in [0.1, 0.15) is 51.3 Å². The Morgan fingerprint density at radius 2 is 1.83 bits per heavy atom. The molecule has 1 heterocycles. The Labute approximate surface area is 211 Å². The molecule has 3 aromatic rings. The lowest BCUT2D eigenvalue weighted by molar-refractivity contribution is -0.115. The highest BCUT2D eigenvalue weighted by Crippen LogP contribution is 2.29. The van der Waals surface area contributed by atoms with Gasteiger partial charge >= 0.3 is 6.09 Å². The first kappa shape index (κ1) is 26.4. The molecule has 2 aromatic carbocycles. The lowest BCUT2D eigenvalue weighted by Crippen LogP contribution is -2.37. The molecule has 36 heavy (non-hydrogen) atoms. The zero-order chi connectivity index (χ0) is 26.3. The van der Waals surface area contributed by atoms with E-state index in [1.165, 1.54) is 11.9 Å². The molecule has 3 N–H and O–H groups in total. The molecule has 2 amide bonds. The molecular weight excluding hydrogens is 456 g/mol. The number of amides is 2. The molecule has 1 aliphatic carbocycles. The van der Waals surface area contributed by atoms with E-state index in [1.807, 2.05) is 38.1 Å². The zero-order valence-corrected chi connectivity index (χ0v) is 21.3. The maximum Gasteiger partial charge on any atom is 0.408 e. The second-order valence-corrected chi connectivity index (χ2v) is 9.20. The average molecular weight is 489 g/mol. The van der Waals surface area contributed by atoms with Crippen LogP contribution in [0.3, 0.4) is 0 Å². The minimum absolute atomic E-state index is 0.124. The first-order valence-corrected chi connectivity index (χ1v) is 12.0. The number of nitrogens with zero attached hydrogens (tertiary/aromatic N) is 3. The monoisotopic (exact) mass is 488 g/mol. The minimum atomic E-state index is -0.635. The Hall–Kier alpha value is -4.19. The Balaban J connectivity index is 0.00000176. The summed E-state index contributed by atoms with van der Waals surface area (Å²) in [7, 11) is 0. The van der Waals surface area contributed by atoms with E-state index in [9.17, 15) is 14.9 Å². The van der Waals surface area contributed by atoms with Gasteiger partial charge in [0.1, 0.15) is 24.3 Å². The van der Waals surface area contributed by atoms with Gasteiger partial charge in [0.2, 0.25) is 5.91 Å². The van der Waals surface area contributed by atoms with Crippen molar-refractivity contribution in [1.82, 2.24) is 15.3 Å². The van der Waals surface area contributed by atoms with E-state index in [1.54, 1.807) is 32.9 Å². The first-order valence-electron chi connectivity index (χ1n) is 12.0. The van der Waals surface area contributed by atoms with E-state index in [0.717, 1.165) is 29.3 Å². The van der Waals surface area contributed by atoms with Crippen molar-refractivity contribution in [3.8, 4) is 6.07 Å². The quantitative estimate of drug-likeness (QED) is 0.480. The van der Waals surface area contributed by atoms with Gasteiger partial charge in [0, 0.05) is 17.1 Å². The molecule has 1 aromatic heterocycles. The molecule has 1 unspecified atom stereocenters. The highest BCUT2D eigenvalue weighted by molar-refractivity contribution is 5.94. The number of aromatic nitrogens is 2. The van der Waals surface area contributed by atoms with Gasteiger partial charge in [0.15, 0.2) is 0 Å². The fraction of sp³-hybridized carbons (Fsp3) is 0.370. The van der Waals surface area contributed by atoms with Gasteiger partial charge in [-0.2, -0.15) is 5.26 Å². The summed E-state index contributed by atoms with van der Waals surface area (Å²) >= 11 is 0. The topological polar surface area (TPSA) is 129 Å². The number of carbonyl (C=O) groups is 2. The van der Waals surface area contributed by atoms with E-state index in [2.05, 4.69) is 32.0 Å². The SMILES string of the molecule is CC.CC(C)(C)OC(=O)NCC(=O)Nc1ccc2c(c1)CC(Nc1ncnc3ccc(C#N)cc13)C2. The highest BCUT2D eigenvalue weighted by Gasteiger charge is 2.23. The Bertz CT molecular complexity index is 1290. The van der Waals surface area contributed by atoms with Crippen molar-refractivity contribution in [2.24, 2.45) is 0 Å². The number of hydrogen-bond donors (Lipinski definition) is 3. The van der Waals surface area contributed by atoms with Crippen molar-refractivity contribution in [2.75, 3.05) is 17.2 Å². The lowest BCUT2D eigenvalue weighted by atomic mass is 10.1. The van der Waals surface area contributed by atoms with Crippen LogP contribution in [0.25, 0.3) is 10.9 Å². The molecule has 1 atom stereocenters. The van der Waals surface area contributed by atoms with Gasteiger partial charge in [-0.3, -0.25) is 4.79 Å². The van der Waals surface area contributed by atoms with Crippen molar-refractivity contribution in [3.63, 3.8) is 0 Å². The van der Waals surface area contributed by atoms with Crippen LogP contribution in [0.2, 0.25) is 0 Å². The summed E-state index contributed by atoms with van der Waals surface area (Å²) in [6.07, 6.45) is 2.45. The summed E-state index contributed by atoms with van der Waals surface area (Å²) in [4.78, 5) is 32.6. The standard InChI is InChI=1S/C25H26N6O3.C2H6/c1-25(2,3)34-24(33)27-13-22(32)30-18-6-5-16-9-19(11-17(16)10-18)31-23-20-8-15(12-26)4-7-21(20)28-14-29-23;1-2/h4-8,10,14,19H,9,11,13H2,1-3H3,(H,27,33)(H,30,32)(H,28,29,31);1-2H3. The summed E-state index contributed by atoms with van der Waals surface area (Å²) < 4.78 is 5.14. The molecule has 0 fully saturated rings. The average Bonchev–Trinajstić information content (AvgIpc) is 3.24. The van der Waals surface area contributed by atoms with Gasteiger partial charge in [0.25, 0.3) is 0 Å². The van der Waals surface area contributed by atoms with Crippen LogP contribution in [0, 0.1) is 11.3 Å². The lowest BCUT2D eigenvalue weighted by Gasteiger charge is -2.19. The van der Waals surface area contributed by atoms with Crippen molar-refractivity contribution in [1.29, 1.82) is 5.26 Å². The minimum Gasteiger partial charge on any atom is -0.444 e. The maximum atomic E-state index is 12.2. The van der Waals surface area contributed by atoms with E-state index in [0.29, 0.717) is 17.1 Å². The van der Waals surface area contributed by atoms with Crippen molar-refractivity contribution in [2.45, 2.75) is 59.1 Å². The number of rotatable bonds is 5. The van der Waals surface area contributed by atoms with Gasteiger partial charge in [-0.05, 0) is 75.1 Å². The second-order valence-electron chi connectivity index (χ2n) is 9.20. The van der Waals surface area contributed by atoms with Crippen molar-refractivity contribution in [3.05, 3.63) is 59.4 Å². The molecular formula is C27H32N6O3. The number of nitriles is 1. The molecule has 0 saturated heterocycles. The third-order valence-electron chi connectivity index (χ3n) is 5.32. The number of hydrogen-bond acceptors (Lipinski definition) is 7. The molecule has 9 nitrogen and oxygen atoms in total. The fourth-order valence-corrected chi connectivity index (χ4v) is 3.90. The number of anilines is 2. The largest absolute Gasteiger partial charge is 0.444 e. The number of nitrogens with one attached hydrogen (secondary N) is 3. The van der Waals surface area contributed by atoms with Gasteiger partial charge in [-0.15, -0.1) is 0 Å². The number of carbonyl (C=O) groups excluding carboxylic acids is 2. The summed E-state index contributed by atoms with van der Waals surface area (Å²) in [6.45, 7) is 9.10. The van der Waals surface area contributed by atoms with Gasteiger partial charge in [-0.1, -0.05) is 19.9 Å². The van der Waals surface area contributed by atoms with Crippen LogP contribution >= 0.6 is 0 Å². The summed E-state index contributed by atoms with van der Waals surface area (Å²) in [5, 5.41) is 18.8. The maximum absolute atomic E-state index is 12.2. The summed E-state index contributed by atoms with van der Waals surface area (Å²) in [5.74, 6) is 0.362. The summed E-state index contributed by atoms with van der Waals surface area (Å²) in [5.41, 5.74) is 3.70. The highest BCUT2D eigenvalue weighted by atomic mass is 16.6. The van der Waals surface area contributed by atoms with E-state index >= 15 is 0 Å². The zero-order valence-electron chi connectivity index (χ0n) is 21.3. The molecule has 188 valence electrons. The molecule has 0 radical (unpaired) electrons. The van der Waals surface area contributed by atoms with Gasteiger partial charge < -0.3 is 20.7 Å². The Morgan fingerprint density at radius 1 is 1.08 bits per heavy atom. The Kier molecular flexibility index (Phi) is 8.43. The molecule has 0 spiro atoms. The predicted molar refractivity (Wildman–Crippen MR) is 140 cm³/mol. The molecule has 0 aliphatic heterocycles. The van der Waals surface area contributed by atoms with Gasteiger partial charge in [0.05, 0.1) is 17.1 Å². The second kappa shape index (κ2) is 11.5. The molecule has 0 bridgehead atoms. The third kappa shape index (κ3) is 6.92. The third-order valence-corrected chi connectivity index (χ3v) is 5.32. The van der Waals surface area contributed by atoms with Crippen LogP contribution < -0.4 is 16.0 Å². The molecule has 1 aliphatic rings. The van der Waals surface area contributed by atoms with E-state index in [-0.39, 0.29) is 18.5 Å². The molecule has 9 heteroatoms. The number of benzene rings is 2. The Morgan fingerprint density at radius 3 is 2.56 bits per heavy atom. The normalized spacial score (nSPS) is 14.1. The number of ether oxygens (including phenoxy) is 1. The number of alkyl carbamates (subject to hydrolysis) is 1. The fourth-order valence-electron chi connectivity index (χ4n) is 3.90. The number of fused-ring (bicyclic) bond motifs is 2. The first-order chi connectivity index (χ1) is 17.2. The van der Waals surface area contributed by atoms with Crippen molar-refractivity contribution >= 4 is 34.4 Å². The van der Waals surface area contributed by atoms with Crippen LogP contribution in [-0.4, -0.2) is 40.2 Å². The molecule has 4 rings (SSSR count). The van der Waals surface area contributed by atoms with Crippen LogP contribution in [0.15, 0.2) is 42.7 Å².